The number of unbranched alkanes of at least 4 members (excludes halogenated alkanes) is 6. The minimum Gasteiger partial charge on any atom is -0.493 e. The SMILES string of the molecule is CCCCCCCCCOc1ccc(CNCCC)cc1-c1cccs1. The van der Waals surface area contributed by atoms with Crippen LogP contribution in [0.15, 0.2) is 35.7 Å². The summed E-state index contributed by atoms with van der Waals surface area (Å²) in [7, 11) is 0. The van der Waals surface area contributed by atoms with E-state index in [-0.39, 0.29) is 0 Å². The van der Waals surface area contributed by atoms with Crippen molar-refractivity contribution in [2.24, 2.45) is 0 Å². The van der Waals surface area contributed by atoms with Crippen LogP contribution >= 0.6 is 11.3 Å². The molecule has 1 aromatic heterocycles. The van der Waals surface area contributed by atoms with E-state index in [1.807, 2.05) is 0 Å². The summed E-state index contributed by atoms with van der Waals surface area (Å²) < 4.78 is 6.16. The number of hydrogen-bond donors (Lipinski definition) is 1. The zero-order chi connectivity index (χ0) is 18.5. The van der Waals surface area contributed by atoms with Gasteiger partial charge in [0.1, 0.15) is 5.75 Å². The van der Waals surface area contributed by atoms with Gasteiger partial charge in [-0.05, 0) is 48.5 Å². The maximum absolute atomic E-state index is 6.16. The van der Waals surface area contributed by atoms with Crippen LogP contribution in [0.5, 0.6) is 5.75 Å². The van der Waals surface area contributed by atoms with Crippen LogP contribution in [0.1, 0.15) is 70.8 Å². The van der Waals surface area contributed by atoms with Gasteiger partial charge in [0.15, 0.2) is 0 Å². The lowest BCUT2D eigenvalue weighted by atomic mass is 10.1. The third kappa shape index (κ3) is 7.51. The van der Waals surface area contributed by atoms with Crippen molar-refractivity contribution in [3.05, 3.63) is 41.3 Å². The molecule has 0 aliphatic heterocycles. The maximum Gasteiger partial charge on any atom is 0.127 e. The molecule has 26 heavy (non-hydrogen) atoms. The highest BCUT2D eigenvalue weighted by atomic mass is 32.1. The van der Waals surface area contributed by atoms with Crippen molar-refractivity contribution in [3.8, 4) is 16.2 Å². The van der Waals surface area contributed by atoms with Gasteiger partial charge in [-0.25, -0.2) is 0 Å². The standard InChI is InChI=1S/C23H35NOS/c1-3-5-6-7-8-9-10-16-25-22-14-13-20(19-24-15-4-2)18-21(22)23-12-11-17-26-23/h11-14,17-18,24H,3-10,15-16,19H2,1-2H3. The number of ether oxygens (including phenoxy) is 1. The average molecular weight is 374 g/mol. The van der Waals surface area contributed by atoms with Crippen LogP contribution < -0.4 is 10.1 Å². The van der Waals surface area contributed by atoms with Crippen molar-refractivity contribution in [2.45, 2.75) is 71.8 Å². The van der Waals surface area contributed by atoms with Gasteiger partial charge in [0, 0.05) is 17.0 Å². The Kier molecular flexibility index (Phi) is 10.4. The van der Waals surface area contributed by atoms with E-state index >= 15 is 0 Å². The summed E-state index contributed by atoms with van der Waals surface area (Å²) in [5, 5.41) is 5.62. The molecule has 0 aliphatic rings. The third-order valence-corrected chi connectivity index (χ3v) is 5.50. The van der Waals surface area contributed by atoms with Crippen LogP contribution in [0, 0.1) is 0 Å². The fraction of sp³-hybridized carbons (Fsp3) is 0.565. The molecule has 0 bridgehead atoms. The summed E-state index contributed by atoms with van der Waals surface area (Å²) in [4.78, 5) is 1.29. The molecular formula is C23H35NOS. The molecule has 1 heterocycles. The normalized spacial score (nSPS) is 11.0. The Hall–Kier alpha value is -1.32. The van der Waals surface area contributed by atoms with Gasteiger partial charge >= 0.3 is 0 Å². The van der Waals surface area contributed by atoms with E-state index < -0.39 is 0 Å². The van der Waals surface area contributed by atoms with E-state index in [2.05, 4.69) is 54.9 Å². The second-order valence-electron chi connectivity index (χ2n) is 6.95. The molecule has 0 fully saturated rings. The number of nitrogens with one attached hydrogen (secondary N) is 1. The molecule has 0 radical (unpaired) electrons. The summed E-state index contributed by atoms with van der Waals surface area (Å²) in [5.74, 6) is 1.03. The molecule has 144 valence electrons. The van der Waals surface area contributed by atoms with Gasteiger partial charge in [-0.3, -0.25) is 0 Å². The molecule has 2 aromatic rings. The van der Waals surface area contributed by atoms with Crippen molar-refractivity contribution >= 4 is 11.3 Å². The molecule has 0 amide bonds. The van der Waals surface area contributed by atoms with Gasteiger partial charge in [-0.2, -0.15) is 0 Å². The molecule has 0 unspecified atom stereocenters. The molecule has 2 nitrogen and oxygen atoms in total. The van der Waals surface area contributed by atoms with Gasteiger partial charge in [0.05, 0.1) is 6.61 Å². The second kappa shape index (κ2) is 12.9. The van der Waals surface area contributed by atoms with Crippen molar-refractivity contribution in [1.82, 2.24) is 5.32 Å². The Morgan fingerprint density at radius 3 is 2.46 bits per heavy atom. The van der Waals surface area contributed by atoms with Crippen molar-refractivity contribution in [1.29, 1.82) is 0 Å². The first-order chi connectivity index (χ1) is 12.8. The number of thiophene rings is 1. The summed E-state index contributed by atoms with van der Waals surface area (Å²) in [6.07, 6.45) is 10.4. The highest BCUT2D eigenvalue weighted by Gasteiger charge is 2.09. The molecule has 2 rings (SSSR count). The van der Waals surface area contributed by atoms with Crippen molar-refractivity contribution < 1.29 is 4.74 Å². The number of hydrogen-bond acceptors (Lipinski definition) is 3. The van der Waals surface area contributed by atoms with E-state index in [1.54, 1.807) is 11.3 Å². The molecule has 0 spiro atoms. The fourth-order valence-electron chi connectivity index (χ4n) is 3.09. The predicted octanol–water partition coefficient (Wildman–Crippen LogP) is 7.04. The van der Waals surface area contributed by atoms with E-state index in [9.17, 15) is 0 Å². The lowest BCUT2D eigenvalue weighted by Crippen LogP contribution is -2.13. The first-order valence-corrected chi connectivity index (χ1v) is 11.2. The largest absolute Gasteiger partial charge is 0.493 e. The summed E-state index contributed by atoms with van der Waals surface area (Å²) in [5.41, 5.74) is 2.56. The molecule has 0 atom stereocenters. The van der Waals surface area contributed by atoms with Crippen LogP contribution in [0.25, 0.3) is 10.4 Å². The van der Waals surface area contributed by atoms with E-state index in [4.69, 9.17) is 4.74 Å². The predicted molar refractivity (Wildman–Crippen MR) is 115 cm³/mol. The lowest BCUT2D eigenvalue weighted by molar-refractivity contribution is 0.305. The average Bonchev–Trinajstić information content (AvgIpc) is 3.19. The van der Waals surface area contributed by atoms with Gasteiger partial charge in [0.25, 0.3) is 0 Å². The molecule has 1 N–H and O–H groups in total. The van der Waals surface area contributed by atoms with E-state index in [0.29, 0.717) is 0 Å². The van der Waals surface area contributed by atoms with Crippen LogP contribution in [-0.2, 0) is 6.54 Å². The monoisotopic (exact) mass is 373 g/mol. The molecule has 0 saturated heterocycles. The number of rotatable bonds is 14. The van der Waals surface area contributed by atoms with E-state index in [1.165, 1.54) is 54.5 Å². The maximum atomic E-state index is 6.16. The van der Waals surface area contributed by atoms with Crippen molar-refractivity contribution in [3.63, 3.8) is 0 Å². The van der Waals surface area contributed by atoms with Crippen LogP contribution in [0.2, 0.25) is 0 Å². The molecule has 1 aromatic carbocycles. The Balaban J connectivity index is 1.86. The van der Waals surface area contributed by atoms with E-state index in [0.717, 1.165) is 38.3 Å². The third-order valence-electron chi connectivity index (χ3n) is 4.59. The topological polar surface area (TPSA) is 21.3 Å². The quantitative estimate of drug-likeness (QED) is 0.358. The van der Waals surface area contributed by atoms with Gasteiger partial charge < -0.3 is 10.1 Å². The highest BCUT2D eigenvalue weighted by molar-refractivity contribution is 7.13. The first-order valence-electron chi connectivity index (χ1n) is 10.4. The molecule has 0 aliphatic carbocycles. The van der Waals surface area contributed by atoms with Gasteiger partial charge in [-0.1, -0.05) is 64.5 Å². The summed E-state index contributed by atoms with van der Waals surface area (Å²) in [6.45, 7) is 7.27. The fourth-order valence-corrected chi connectivity index (χ4v) is 3.84. The lowest BCUT2D eigenvalue weighted by Gasteiger charge is -2.13. The minimum absolute atomic E-state index is 0.819. The summed E-state index contributed by atoms with van der Waals surface area (Å²) >= 11 is 1.78. The highest BCUT2D eigenvalue weighted by Crippen LogP contribution is 2.34. The van der Waals surface area contributed by atoms with Crippen LogP contribution in [-0.4, -0.2) is 13.2 Å². The summed E-state index contributed by atoms with van der Waals surface area (Å²) in [6, 6.07) is 10.9. The Morgan fingerprint density at radius 1 is 0.923 bits per heavy atom. The molecule has 0 saturated carbocycles. The number of benzene rings is 1. The van der Waals surface area contributed by atoms with Gasteiger partial charge in [0.2, 0.25) is 0 Å². The van der Waals surface area contributed by atoms with Gasteiger partial charge in [-0.15, -0.1) is 11.3 Å². The first kappa shape index (κ1) is 21.0. The minimum atomic E-state index is 0.819. The van der Waals surface area contributed by atoms with Crippen LogP contribution in [0.4, 0.5) is 0 Å². The molecule has 3 heteroatoms. The Bertz CT molecular complexity index is 594. The zero-order valence-electron chi connectivity index (χ0n) is 16.6. The molecular weight excluding hydrogens is 338 g/mol. The zero-order valence-corrected chi connectivity index (χ0v) is 17.4. The Labute approximate surface area is 164 Å². The second-order valence-corrected chi connectivity index (χ2v) is 7.90. The van der Waals surface area contributed by atoms with Crippen molar-refractivity contribution in [2.75, 3.05) is 13.2 Å². The Morgan fingerprint density at radius 2 is 1.73 bits per heavy atom. The smallest absolute Gasteiger partial charge is 0.127 e. The van der Waals surface area contributed by atoms with Crippen LogP contribution in [0.3, 0.4) is 0 Å².